The van der Waals surface area contributed by atoms with Crippen molar-refractivity contribution in [1.82, 2.24) is 9.47 Å². The summed E-state index contributed by atoms with van der Waals surface area (Å²) < 4.78 is 18.8. The molecular weight excluding hydrogens is 482 g/mol. The second-order valence-corrected chi connectivity index (χ2v) is 9.56. The summed E-state index contributed by atoms with van der Waals surface area (Å²) in [5.74, 6) is 0.281. The summed E-state index contributed by atoms with van der Waals surface area (Å²) in [6, 6.07) is 20.3. The lowest BCUT2D eigenvalue weighted by molar-refractivity contribution is -0.119. The molecule has 0 unspecified atom stereocenters. The van der Waals surface area contributed by atoms with E-state index in [9.17, 15) is 9.59 Å². The second-order valence-electron chi connectivity index (χ2n) is 9.56. The van der Waals surface area contributed by atoms with Gasteiger partial charge in [0.2, 0.25) is 5.91 Å². The molecule has 2 aliphatic rings. The quantitative estimate of drug-likeness (QED) is 0.412. The highest BCUT2D eigenvalue weighted by molar-refractivity contribution is 6.05. The molecule has 1 aromatic heterocycles. The molecule has 0 fully saturated rings. The first-order valence-corrected chi connectivity index (χ1v) is 12.7. The fourth-order valence-electron chi connectivity index (χ4n) is 5.61. The highest BCUT2D eigenvalue weighted by Gasteiger charge is 2.45. The number of methoxy groups -OCH3 is 1. The third-order valence-electron chi connectivity index (χ3n) is 7.31. The molecule has 3 aromatic carbocycles. The van der Waals surface area contributed by atoms with Gasteiger partial charge in [0.25, 0.3) is 5.91 Å². The zero-order chi connectivity index (χ0) is 26.2. The number of fused-ring (bicyclic) bond motifs is 3. The number of benzene rings is 3. The largest absolute Gasteiger partial charge is 0.486 e. The lowest BCUT2D eigenvalue weighted by Gasteiger charge is -2.41. The Kier molecular flexibility index (Phi) is 6.25. The molecule has 0 saturated heterocycles. The van der Waals surface area contributed by atoms with Crippen LogP contribution in [0.25, 0.3) is 10.9 Å². The molecule has 8 nitrogen and oxygen atoms in total. The summed E-state index contributed by atoms with van der Waals surface area (Å²) in [5, 5.41) is 4.10. The van der Waals surface area contributed by atoms with E-state index in [2.05, 4.69) is 5.32 Å². The summed E-state index contributed by atoms with van der Waals surface area (Å²) >= 11 is 0. The molecule has 2 amide bonds. The first-order chi connectivity index (χ1) is 18.6. The monoisotopic (exact) mass is 511 g/mol. The van der Waals surface area contributed by atoms with Crippen LogP contribution in [0.1, 0.15) is 33.4 Å². The first-order valence-electron chi connectivity index (χ1n) is 12.7. The average molecular weight is 512 g/mol. The topological polar surface area (TPSA) is 82.0 Å². The Labute approximate surface area is 220 Å². The van der Waals surface area contributed by atoms with Gasteiger partial charge in [-0.1, -0.05) is 36.4 Å². The summed E-state index contributed by atoms with van der Waals surface area (Å²) in [6.07, 6.45) is 2.03. The number of aromatic nitrogens is 1. The van der Waals surface area contributed by atoms with Crippen LogP contribution >= 0.6 is 0 Å². The molecule has 8 heteroatoms. The van der Waals surface area contributed by atoms with Crippen LogP contribution in [0.4, 0.5) is 5.69 Å². The maximum atomic E-state index is 14.2. The summed E-state index contributed by atoms with van der Waals surface area (Å²) in [4.78, 5) is 29.8. The number of amides is 2. The molecule has 0 aliphatic carbocycles. The number of rotatable bonds is 6. The second kappa shape index (κ2) is 9.87. The summed E-state index contributed by atoms with van der Waals surface area (Å²) in [6.45, 7) is 1.66. The van der Waals surface area contributed by atoms with Crippen LogP contribution in [0.15, 0.2) is 72.9 Å². The lowest BCUT2D eigenvalue weighted by Crippen LogP contribution is -2.47. The molecular formula is C30H29N3O5. The molecule has 3 heterocycles. The van der Waals surface area contributed by atoms with E-state index in [0.29, 0.717) is 54.7 Å². The molecule has 0 saturated carbocycles. The third kappa shape index (κ3) is 4.07. The van der Waals surface area contributed by atoms with Crippen molar-refractivity contribution >= 4 is 28.4 Å². The van der Waals surface area contributed by atoms with Crippen LogP contribution < -0.4 is 14.8 Å². The van der Waals surface area contributed by atoms with Crippen molar-refractivity contribution in [2.75, 3.05) is 38.8 Å². The minimum absolute atomic E-state index is 0.112. The molecule has 0 bridgehead atoms. The van der Waals surface area contributed by atoms with Crippen LogP contribution in [0, 0.1) is 0 Å². The van der Waals surface area contributed by atoms with Gasteiger partial charge in [0.05, 0.1) is 18.6 Å². The highest BCUT2D eigenvalue weighted by atomic mass is 16.6. The van der Waals surface area contributed by atoms with Gasteiger partial charge >= 0.3 is 0 Å². The van der Waals surface area contributed by atoms with E-state index in [1.54, 1.807) is 36.3 Å². The smallest absolute Gasteiger partial charge is 0.254 e. The van der Waals surface area contributed by atoms with E-state index in [4.69, 9.17) is 14.2 Å². The van der Waals surface area contributed by atoms with Crippen LogP contribution in [-0.2, 0) is 16.6 Å². The Morgan fingerprint density at radius 3 is 2.61 bits per heavy atom. The van der Waals surface area contributed by atoms with Crippen LogP contribution in [0.2, 0.25) is 0 Å². The molecule has 6 rings (SSSR count). The van der Waals surface area contributed by atoms with E-state index in [1.165, 1.54) is 0 Å². The van der Waals surface area contributed by atoms with Gasteiger partial charge in [0.1, 0.15) is 13.2 Å². The zero-order valence-electron chi connectivity index (χ0n) is 21.3. The third-order valence-corrected chi connectivity index (χ3v) is 7.31. The maximum Gasteiger partial charge on any atom is 0.254 e. The summed E-state index contributed by atoms with van der Waals surface area (Å²) in [5.41, 5.74) is 3.80. The van der Waals surface area contributed by atoms with Gasteiger partial charge in [0.15, 0.2) is 11.5 Å². The standard InChI is InChI=1S/C30H29N3O5/c1-32-18-23(20-7-5-6-10-24(20)32)28-27(21-8-3-4-9-22(21)30(35)33(28)13-14-36-2)29(34)31-19-11-12-25-26(17-19)38-16-15-37-25/h3-12,17-18,27-28H,13-16H2,1-2H3,(H,31,34)/t27-,28-/m1/s1. The number of carbonyl (C=O) groups is 2. The molecule has 194 valence electrons. The van der Waals surface area contributed by atoms with Crippen LogP contribution in [0.5, 0.6) is 11.5 Å². The zero-order valence-corrected chi connectivity index (χ0v) is 21.3. The van der Waals surface area contributed by atoms with Crippen molar-refractivity contribution < 1.29 is 23.8 Å². The van der Waals surface area contributed by atoms with Crippen molar-refractivity contribution in [3.63, 3.8) is 0 Å². The minimum atomic E-state index is -0.653. The van der Waals surface area contributed by atoms with Gasteiger partial charge in [-0.3, -0.25) is 9.59 Å². The fraction of sp³-hybridized carbons (Fsp3) is 0.267. The van der Waals surface area contributed by atoms with E-state index < -0.39 is 12.0 Å². The van der Waals surface area contributed by atoms with Crippen molar-refractivity contribution in [2.45, 2.75) is 12.0 Å². The van der Waals surface area contributed by atoms with Crippen molar-refractivity contribution in [3.8, 4) is 11.5 Å². The van der Waals surface area contributed by atoms with Gasteiger partial charge < -0.3 is 29.0 Å². The molecule has 1 N–H and O–H groups in total. The molecule has 4 aromatic rings. The Morgan fingerprint density at radius 2 is 1.76 bits per heavy atom. The van der Waals surface area contributed by atoms with Crippen molar-refractivity contribution in [2.24, 2.45) is 7.05 Å². The minimum Gasteiger partial charge on any atom is -0.486 e. The average Bonchev–Trinajstić information content (AvgIpc) is 3.28. The number of nitrogens with one attached hydrogen (secondary N) is 1. The Hall–Kier alpha value is -4.30. The van der Waals surface area contributed by atoms with E-state index in [-0.39, 0.29) is 11.8 Å². The normalized spacial score (nSPS) is 18.4. The van der Waals surface area contributed by atoms with Crippen LogP contribution in [0.3, 0.4) is 0 Å². The van der Waals surface area contributed by atoms with Crippen molar-refractivity contribution in [1.29, 1.82) is 0 Å². The number of carbonyl (C=O) groups excluding carboxylic acids is 2. The molecule has 2 atom stereocenters. The van der Waals surface area contributed by atoms with Gasteiger partial charge in [-0.15, -0.1) is 0 Å². The Bertz CT molecular complexity index is 1530. The number of para-hydroxylation sites is 1. The van der Waals surface area contributed by atoms with Crippen molar-refractivity contribution in [3.05, 3.63) is 89.6 Å². The number of nitrogens with zero attached hydrogens (tertiary/aromatic N) is 2. The summed E-state index contributed by atoms with van der Waals surface area (Å²) in [7, 11) is 3.59. The Balaban J connectivity index is 1.48. The van der Waals surface area contributed by atoms with Gasteiger partial charge in [-0.05, 0) is 29.8 Å². The van der Waals surface area contributed by atoms with E-state index in [0.717, 1.165) is 16.5 Å². The number of ether oxygens (including phenoxy) is 3. The molecule has 0 radical (unpaired) electrons. The van der Waals surface area contributed by atoms with E-state index >= 15 is 0 Å². The van der Waals surface area contributed by atoms with Gasteiger partial charge in [-0.25, -0.2) is 0 Å². The number of anilines is 1. The fourth-order valence-corrected chi connectivity index (χ4v) is 5.61. The SMILES string of the molecule is COCCN1C(=O)c2ccccc2[C@@H](C(=O)Nc2ccc3c(c2)OCCO3)[C@H]1c1cn(C)c2ccccc12. The first kappa shape index (κ1) is 24.1. The van der Waals surface area contributed by atoms with E-state index in [1.807, 2.05) is 60.3 Å². The van der Waals surface area contributed by atoms with Gasteiger partial charge in [-0.2, -0.15) is 0 Å². The lowest BCUT2D eigenvalue weighted by atomic mass is 9.79. The maximum absolute atomic E-state index is 14.2. The highest BCUT2D eigenvalue weighted by Crippen LogP contribution is 2.45. The predicted molar refractivity (Wildman–Crippen MR) is 144 cm³/mol. The van der Waals surface area contributed by atoms with Gasteiger partial charge in [0, 0.05) is 60.7 Å². The molecule has 2 aliphatic heterocycles. The number of hydrogen-bond acceptors (Lipinski definition) is 5. The number of hydrogen-bond donors (Lipinski definition) is 1. The molecule has 38 heavy (non-hydrogen) atoms. The predicted octanol–water partition coefficient (Wildman–Crippen LogP) is 4.52. The number of aryl methyl sites for hydroxylation is 1. The molecule has 0 spiro atoms. The van der Waals surface area contributed by atoms with Crippen LogP contribution in [-0.4, -0.2) is 54.8 Å². The Morgan fingerprint density at radius 1 is 1.00 bits per heavy atom.